The molecular formula is C26H35Cl2N3O5. The van der Waals surface area contributed by atoms with Crippen LogP contribution in [0, 0.1) is 0 Å². The molecule has 0 amide bonds. The number of fused-ring (bicyclic) bond motifs is 1. The summed E-state index contributed by atoms with van der Waals surface area (Å²) in [6.45, 7) is 5.57. The van der Waals surface area contributed by atoms with Gasteiger partial charge in [-0.15, -0.1) is 24.8 Å². The van der Waals surface area contributed by atoms with E-state index in [0.717, 1.165) is 60.5 Å². The van der Waals surface area contributed by atoms with Gasteiger partial charge in [0.1, 0.15) is 11.4 Å². The van der Waals surface area contributed by atoms with E-state index in [1.807, 2.05) is 36.4 Å². The van der Waals surface area contributed by atoms with Crippen molar-refractivity contribution >= 4 is 41.7 Å². The van der Waals surface area contributed by atoms with Crippen LogP contribution in [0.3, 0.4) is 0 Å². The van der Waals surface area contributed by atoms with Gasteiger partial charge in [0.05, 0.1) is 34.0 Å². The van der Waals surface area contributed by atoms with Gasteiger partial charge in [-0.1, -0.05) is 12.1 Å². The maximum Gasteiger partial charge on any atom is 0.355 e. The lowest BCUT2D eigenvalue weighted by Gasteiger charge is -2.32. The average molecular weight is 540 g/mol. The fourth-order valence-corrected chi connectivity index (χ4v) is 4.58. The molecule has 36 heavy (non-hydrogen) atoms. The zero-order valence-corrected chi connectivity index (χ0v) is 23.0. The molecule has 1 aromatic heterocycles. The number of hydrogen-bond acceptors (Lipinski definition) is 7. The minimum Gasteiger partial charge on any atom is -0.497 e. The Balaban J connectivity index is 0.00000228. The Morgan fingerprint density at radius 2 is 1.44 bits per heavy atom. The highest BCUT2D eigenvalue weighted by atomic mass is 35.5. The Kier molecular flexibility index (Phi) is 10.7. The van der Waals surface area contributed by atoms with E-state index in [-0.39, 0.29) is 30.8 Å². The zero-order valence-electron chi connectivity index (χ0n) is 21.4. The van der Waals surface area contributed by atoms with E-state index >= 15 is 0 Å². The van der Waals surface area contributed by atoms with Crippen molar-refractivity contribution in [1.29, 1.82) is 0 Å². The Morgan fingerprint density at radius 3 is 2.00 bits per heavy atom. The van der Waals surface area contributed by atoms with Crippen molar-refractivity contribution in [1.82, 2.24) is 14.4 Å². The van der Waals surface area contributed by atoms with Crippen LogP contribution >= 0.6 is 24.8 Å². The van der Waals surface area contributed by atoms with Crippen LogP contribution in [0.5, 0.6) is 17.2 Å². The number of hydrogen-bond donors (Lipinski definition) is 0. The maximum absolute atomic E-state index is 13.2. The number of ether oxygens (including phenoxy) is 4. The highest BCUT2D eigenvalue weighted by Gasteiger charge is 2.27. The fraction of sp³-hybridized carbons (Fsp3) is 0.423. The molecule has 4 rings (SSSR count). The number of methoxy groups -OCH3 is 4. The molecule has 0 radical (unpaired) electrons. The number of carbonyl (C=O) groups is 1. The first kappa shape index (κ1) is 29.6. The SMILES string of the molecule is COC(=O)c1c(-c2ccc(OC)cc2)c2cc(OC)c(OC)cc2n1CCN1CCN(C)CC1.Cl.Cl. The average Bonchev–Trinajstić information content (AvgIpc) is 3.20. The number of carbonyl (C=O) groups excluding carboxylic acids is 1. The Labute approximate surface area is 224 Å². The Morgan fingerprint density at radius 1 is 0.833 bits per heavy atom. The van der Waals surface area contributed by atoms with Crippen LogP contribution < -0.4 is 14.2 Å². The first-order valence-corrected chi connectivity index (χ1v) is 11.4. The van der Waals surface area contributed by atoms with Gasteiger partial charge in [0.25, 0.3) is 0 Å². The van der Waals surface area contributed by atoms with E-state index < -0.39 is 0 Å². The van der Waals surface area contributed by atoms with E-state index in [1.54, 1.807) is 21.3 Å². The van der Waals surface area contributed by atoms with Gasteiger partial charge in [-0.05, 0) is 30.8 Å². The molecule has 0 bridgehead atoms. The predicted octanol–water partition coefficient (Wildman–Crippen LogP) is 4.21. The van der Waals surface area contributed by atoms with Gasteiger partial charge in [0, 0.05) is 56.3 Å². The Bertz CT molecular complexity index is 1160. The summed E-state index contributed by atoms with van der Waals surface area (Å²) >= 11 is 0. The molecule has 1 aliphatic heterocycles. The largest absolute Gasteiger partial charge is 0.497 e. The van der Waals surface area contributed by atoms with Gasteiger partial charge in [-0.2, -0.15) is 0 Å². The third-order valence-corrected chi connectivity index (χ3v) is 6.56. The summed E-state index contributed by atoms with van der Waals surface area (Å²) in [4.78, 5) is 17.9. The standard InChI is InChI=1S/C26H33N3O5.2ClH/c1-27-10-12-28(13-11-27)14-15-29-21-17-23(33-4)22(32-3)16-20(21)24(25(29)26(30)34-5)18-6-8-19(31-2)9-7-18;;/h6-9,16-17H,10-15H2,1-5H3;2*1H. The molecule has 0 aliphatic carbocycles. The molecule has 0 atom stereocenters. The van der Waals surface area contributed by atoms with Crippen LogP contribution in [0.15, 0.2) is 36.4 Å². The minimum atomic E-state index is -0.377. The summed E-state index contributed by atoms with van der Waals surface area (Å²) in [5.74, 6) is 1.60. The molecule has 0 unspecified atom stereocenters. The highest BCUT2D eigenvalue weighted by Crippen LogP contribution is 2.41. The molecule has 2 heterocycles. The van der Waals surface area contributed by atoms with Crippen LogP contribution in [0.25, 0.3) is 22.0 Å². The number of aromatic nitrogens is 1. The first-order chi connectivity index (χ1) is 16.5. The number of rotatable bonds is 8. The van der Waals surface area contributed by atoms with E-state index in [4.69, 9.17) is 18.9 Å². The molecular weight excluding hydrogens is 505 g/mol. The van der Waals surface area contributed by atoms with Gasteiger partial charge in [-0.25, -0.2) is 4.79 Å². The van der Waals surface area contributed by atoms with Crippen LogP contribution in [0.2, 0.25) is 0 Å². The number of nitrogens with zero attached hydrogens (tertiary/aromatic N) is 3. The number of benzene rings is 2. The summed E-state index contributed by atoms with van der Waals surface area (Å²) in [7, 11) is 8.43. The number of halogens is 2. The van der Waals surface area contributed by atoms with E-state index in [9.17, 15) is 4.79 Å². The molecule has 10 heteroatoms. The van der Waals surface area contributed by atoms with Gasteiger partial charge in [0.15, 0.2) is 11.5 Å². The summed E-state index contributed by atoms with van der Waals surface area (Å²) in [5.41, 5.74) is 3.13. The van der Waals surface area contributed by atoms with Crippen molar-refractivity contribution in [2.75, 3.05) is 68.2 Å². The Hall–Kier alpha value is -2.65. The monoisotopic (exact) mass is 539 g/mol. The van der Waals surface area contributed by atoms with Crippen molar-refractivity contribution in [2.24, 2.45) is 0 Å². The van der Waals surface area contributed by atoms with Crippen molar-refractivity contribution in [3.63, 3.8) is 0 Å². The molecule has 8 nitrogen and oxygen atoms in total. The van der Waals surface area contributed by atoms with Gasteiger partial charge < -0.3 is 28.4 Å². The quantitative estimate of drug-likeness (QED) is 0.397. The molecule has 3 aromatic rings. The van der Waals surface area contributed by atoms with Crippen molar-refractivity contribution < 1.29 is 23.7 Å². The molecule has 0 spiro atoms. The number of esters is 1. The summed E-state index contributed by atoms with van der Waals surface area (Å²) in [6.07, 6.45) is 0. The van der Waals surface area contributed by atoms with Crippen molar-refractivity contribution in [3.05, 3.63) is 42.1 Å². The van der Waals surface area contributed by atoms with Crippen molar-refractivity contribution in [3.8, 4) is 28.4 Å². The molecule has 0 N–H and O–H groups in total. The van der Waals surface area contributed by atoms with E-state index in [1.165, 1.54) is 7.11 Å². The van der Waals surface area contributed by atoms with Gasteiger partial charge >= 0.3 is 5.97 Å². The third kappa shape index (κ3) is 5.83. The highest BCUT2D eigenvalue weighted by molar-refractivity contribution is 6.09. The van der Waals surface area contributed by atoms with Crippen molar-refractivity contribution in [2.45, 2.75) is 6.54 Å². The fourth-order valence-electron chi connectivity index (χ4n) is 4.58. The summed E-state index contributed by atoms with van der Waals surface area (Å²) < 4.78 is 23.8. The lowest BCUT2D eigenvalue weighted by atomic mass is 10.0. The predicted molar refractivity (Wildman–Crippen MR) is 147 cm³/mol. The third-order valence-electron chi connectivity index (χ3n) is 6.56. The van der Waals surface area contributed by atoms with E-state index in [2.05, 4.69) is 21.4 Å². The smallest absolute Gasteiger partial charge is 0.355 e. The second kappa shape index (κ2) is 13.1. The van der Waals surface area contributed by atoms with E-state index in [0.29, 0.717) is 23.7 Å². The zero-order chi connectivity index (χ0) is 24.2. The lowest BCUT2D eigenvalue weighted by Crippen LogP contribution is -2.45. The second-order valence-electron chi connectivity index (χ2n) is 8.46. The van der Waals surface area contributed by atoms with Crippen LogP contribution in [-0.4, -0.2) is 88.5 Å². The second-order valence-corrected chi connectivity index (χ2v) is 8.46. The maximum atomic E-state index is 13.2. The molecule has 198 valence electrons. The molecule has 0 saturated carbocycles. The summed E-state index contributed by atoms with van der Waals surface area (Å²) in [6, 6.07) is 11.6. The van der Waals surface area contributed by atoms with Crippen LogP contribution in [0.4, 0.5) is 0 Å². The molecule has 1 saturated heterocycles. The van der Waals surface area contributed by atoms with Crippen LogP contribution in [-0.2, 0) is 11.3 Å². The van der Waals surface area contributed by atoms with Crippen LogP contribution in [0.1, 0.15) is 10.5 Å². The molecule has 2 aromatic carbocycles. The first-order valence-electron chi connectivity index (χ1n) is 11.4. The van der Waals surface area contributed by atoms with Gasteiger partial charge in [-0.3, -0.25) is 4.90 Å². The summed E-state index contributed by atoms with van der Waals surface area (Å²) in [5, 5.41) is 0.904. The topological polar surface area (TPSA) is 65.4 Å². The normalized spacial score (nSPS) is 14.0. The number of piperazine rings is 1. The van der Waals surface area contributed by atoms with Gasteiger partial charge in [0.2, 0.25) is 0 Å². The lowest BCUT2D eigenvalue weighted by molar-refractivity contribution is 0.0588. The minimum absolute atomic E-state index is 0. The number of likely N-dealkylation sites (N-methyl/N-ethyl adjacent to an activating group) is 1. The molecule has 1 aliphatic rings. The molecule has 1 fully saturated rings.